The number of aliphatic imine (C=N–C) groups is 1. The smallest absolute Gasteiger partial charge is 0.282 e. The van der Waals surface area contributed by atoms with Gasteiger partial charge in [0, 0.05) is 41.6 Å². The summed E-state index contributed by atoms with van der Waals surface area (Å²) < 4.78 is 54.5. The van der Waals surface area contributed by atoms with E-state index in [1.807, 2.05) is 6.92 Å². The summed E-state index contributed by atoms with van der Waals surface area (Å²) in [7, 11) is 1.40. The number of alkyl halides is 2. The lowest BCUT2D eigenvalue weighted by Crippen LogP contribution is -2.20. The van der Waals surface area contributed by atoms with Crippen molar-refractivity contribution in [1.82, 2.24) is 14.8 Å². The van der Waals surface area contributed by atoms with Gasteiger partial charge in [-0.05, 0) is 44.2 Å². The van der Waals surface area contributed by atoms with Gasteiger partial charge in [-0.1, -0.05) is 0 Å². The van der Waals surface area contributed by atoms with Crippen LogP contribution in [0.1, 0.15) is 48.9 Å². The van der Waals surface area contributed by atoms with Crippen LogP contribution < -0.4 is 16.2 Å². The number of hydrogen-bond acceptors (Lipinski definition) is 7. The molecule has 0 radical (unpaired) electrons. The summed E-state index contributed by atoms with van der Waals surface area (Å²) in [6, 6.07) is 6.92. The zero-order valence-corrected chi connectivity index (χ0v) is 19.4. The average Bonchev–Trinajstić information content (AvgIpc) is 3.25. The van der Waals surface area contributed by atoms with E-state index < -0.39 is 24.0 Å². The molecule has 1 atom stereocenters. The first-order chi connectivity index (χ1) is 16.7. The summed E-state index contributed by atoms with van der Waals surface area (Å²) in [6.07, 6.45) is -1.98. The molecule has 0 saturated carbocycles. The van der Waals surface area contributed by atoms with Crippen LogP contribution in [0.4, 0.5) is 19.0 Å². The van der Waals surface area contributed by atoms with Crippen molar-refractivity contribution in [3.63, 3.8) is 0 Å². The third kappa shape index (κ3) is 4.66. The Hall–Kier alpha value is -4.02. The Morgan fingerprint density at radius 2 is 2.09 bits per heavy atom. The number of ether oxygens (including phenoxy) is 2. The highest BCUT2D eigenvalue weighted by Gasteiger charge is 2.26. The van der Waals surface area contributed by atoms with Gasteiger partial charge >= 0.3 is 0 Å². The molecule has 1 aliphatic heterocycles. The Morgan fingerprint density at radius 3 is 2.77 bits per heavy atom. The Balaban J connectivity index is 2.06. The SMILES string of the molecule is CCN=C1C(=C(N)OC)Cc2cc(C(F)F)nn2-c2ccc(F)cc2[C@@H](C)Oc2cc1cnc2N. The maximum absolute atomic E-state index is 14.3. The maximum atomic E-state index is 14.3. The summed E-state index contributed by atoms with van der Waals surface area (Å²) in [5.41, 5.74) is 14.4. The van der Waals surface area contributed by atoms with Crippen LogP contribution in [0.15, 0.2) is 53.0 Å². The fourth-order valence-electron chi connectivity index (χ4n) is 3.97. The number of halogens is 3. The molecule has 0 fully saturated rings. The highest BCUT2D eigenvalue weighted by molar-refractivity contribution is 6.13. The molecule has 3 aromatic rings. The van der Waals surface area contributed by atoms with Gasteiger partial charge in [-0.3, -0.25) is 4.99 Å². The van der Waals surface area contributed by atoms with Crippen LogP contribution >= 0.6 is 0 Å². The van der Waals surface area contributed by atoms with E-state index in [0.717, 1.165) is 0 Å². The van der Waals surface area contributed by atoms with E-state index in [-0.39, 0.29) is 23.9 Å². The normalized spacial score (nSPS) is 18.3. The van der Waals surface area contributed by atoms with Gasteiger partial charge in [-0.25, -0.2) is 22.8 Å². The molecular formula is C24H25F3N6O2. The van der Waals surface area contributed by atoms with E-state index >= 15 is 0 Å². The Bertz CT molecular complexity index is 1320. The molecule has 2 bridgehead atoms. The number of allylic oxidation sites excluding steroid dienone is 1. The van der Waals surface area contributed by atoms with E-state index in [1.54, 1.807) is 13.0 Å². The minimum absolute atomic E-state index is 0.0456. The van der Waals surface area contributed by atoms with Crippen LogP contribution in [0.3, 0.4) is 0 Å². The number of fused-ring (bicyclic) bond motifs is 5. The second kappa shape index (κ2) is 9.69. The van der Waals surface area contributed by atoms with E-state index in [0.29, 0.717) is 40.3 Å². The summed E-state index contributed by atoms with van der Waals surface area (Å²) in [4.78, 5) is 8.83. The van der Waals surface area contributed by atoms with Crippen molar-refractivity contribution in [3.05, 3.63) is 76.3 Å². The zero-order chi connectivity index (χ0) is 25.3. The molecule has 0 amide bonds. The van der Waals surface area contributed by atoms with E-state index in [1.165, 1.54) is 42.3 Å². The van der Waals surface area contributed by atoms with Crippen molar-refractivity contribution in [1.29, 1.82) is 0 Å². The van der Waals surface area contributed by atoms with Crippen molar-refractivity contribution in [2.24, 2.45) is 10.7 Å². The number of rotatable bonds is 3. The third-order valence-electron chi connectivity index (χ3n) is 5.62. The van der Waals surface area contributed by atoms with Gasteiger partial charge < -0.3 is 20.9 Å². The highest BCUT2D eigenvalue weighted by atomic mass is 19.3. The fraction of sp³-hybridized carbons (Fsp3) is 0.292. The molecule has 11 heteroatoms. The predicted molar refractivity (Wildman–Crippen MR) is 125 cm³/mol. The lowest BCUT2D eigenvalue weighted by atomic mass is 9.98. The van der Waals surface area contributed by atoms with Crippen LogP contribution in [0.25, 0.3) is 5.69 Å². The number of pyridine rings is 1. The molecule has 4 N–H and O–H groups in total. The van der Waals surface area contributed by atoms with Gasteiger partial charge in [-0.15, -0.1) is 0 Å². The van der Waals surface area contributed by atoms with Crippen LogP contribution in [-0.4, -0.2) is 34.1 Å². The number of methoxy groups -OCH3 is 1. The van der Waals surface area contributed by atoms with Gasteiger partial charge in [0.15, 0.2) is 17.5 Å². The van der Waals surface area contributed by atoms with E-state index in [2.05, 4.69) is 15.1 Å². The second-order valence-electron chi connectivity index (χ2n) is 7.89. The molecule has 8 nitrogen and oxygen atoms in total. The maximum Gasteiger partial charge on any atom is 0.282 e. The van der Waals surface area contributed by atoms with Crippen molar-refractivity contribution < 1.29 is 22.6 Å². The summed E-state index contributed by atoms with van der Waals surface area (Å²) in [5, 5.41) is 4.13. The van der Waals surface area contributed by atoms with Crippen molar-refractivity contribution in [3.8, 4) is 11.4 Å². The Labute approximate surface area is 200 Å². The van der Waals surface area contributed by atoms with Crippen molar-refractivity contribution >= 4 is 11.5 Å². The first kappa shape index (κ1) is 24.1. The predicted octanol–water partition coefficient (Wildman–Crippen LogP) is 4.25. The van der Waals surface area contributed by atoms with Crippen LogP contribution in [-0.2, 0) is 11.2 Å². The van der Waals surface area contributed by atoms with Gasteiger partial charge in [0.05, 0.1) is 18.5 Å². The number of aromatic nitrogens is 3. The molecular weight excluding hydrogens is 461 g/mol. The molecule has 2 aromatic heterocycles. The minimum atomic E-state index is -2.82. The van der Waals surface area contributed by atoms with Crippen molar-refractivity contribution in [2.45, 2.75) is 32.8 Å². The minimum Gasteiger partial charge on any atom is -0.482 e. The van der Waals surface area contributed by atoms with Gasteiger partial charge in [0.1, 0.15) is 17.6 Å². The molecule has 4 rings (SSSR count). The number of hydrogen-bond donors (Lipinski definition) is 2. The molecule has 1 aliphatic rings. The molecule has 0 aliphatic carbocycles. The largest absolute Gasteiger partial charge is 0.482 e. The third-order valence-corrected chi connectivity index (χ3v) is 5.62. The molecule has 184 valence electrons. The Morgan fingerprint density at radius 1 is 1.31 bits per heavy atom. The second-order valence-corrected chi connectivity index (χ2v) is 7.89. The first-order valence-electron chi connectivity index (χ1n) is 10.9. The summed E-state index contributed by atoms with van der Waals surface area (Å²) >= 11 is 0. The lowest BCUT2D eigenvalue weighted by molar-refractivity contribution is 0.145. The van der Waals surface area contributed by atoms with Crippen LogP contribution in [0.5, 0.6) is 5.75 Å². The Kier molecular flexibility index (Phi) is 6.68. The standard InChI is InChI=1S/C24H25F3N6O2/c1-4-30-21-13-7-20(23(28)31-11-13)35-12(2)16-8-14(25)5-6-19(16)33-15(9-17(21)24(29)34-3)10-18(32-33)22(26)27/h5-8,10-12,22H,4,9,29H2,1-3H3,(H2,28,31)/t12-/m1/s1. The topological polar surface area (TPSA) is 114 Å². The van der Waals surface area contributed by atoms with Gasteiger partial charge in [0.2, 0.25) is 0 Å². The van der Waals surface area contributed by atoms with Gasteiger partial charge in [-0.2, -0.15) is 5.10 Å². The van der Waals surface area contributed by atoms with Crippen LogP contribution in [0, 0.1) is 5.82 Å². The molecule has 35 heavy (non-hydrogen) atoms. The quantitative estimate of drug-likeness (QED) is 0.535. The molecule has 1 aromatic carbocycles. The molecule has 3 heterocycles. The molecule has 0 saturated heterocycles. The number of benzene rings is 1. The highest BCUT2D eigenvalue weighted by Crippen LogP contribution is 2.34. The van der Waals surface area contributed by atoms with E-state index in [9.17, 15) is 13.2 Å². The monoisotopic (exact) mass is 486 g/mol. The average molecular weight is 486 g/mol. The number of nitrogen functional groups attached to an aromatic ring is 1. The number of nitrogens with zero attached hydrogens (tertiary/aromatic N) is 4. The number of anilines is 1. The lowest BCUT2D eigenvalue weighted by Gasteiger charge is -2.23. The summed E-state index contributed by atoms with van der Waals surface area (Å²) in [6.45, 7) is 3.94. The van der Waals surface area contributed by atoms with Gasteiger partial charge in [0.25, 0.3) is 6.43 Å². The molecule has 0 spiro atoms. The summed E-state index contributed by atoms with van der Waals surface area (Å²) in [5.74, 6) is -0.0986. The van der Waals surface area contributed by atoms with Crippen molar-refractivity contribution in [2.75, 3.05) is 19.4 Å². The van der Waals surface area contributed by atoms with Crippen LogP contribution in [0.2, 0.25) is 0 Å². The zero-order valence-electron chi connectivity index (χ0n) is 19.4. The fourth-order valence-corrected chi connectivity index (χ4v) is 3.97. The number of nitrogens with two attached hydrogens (primary N) is 2. The first-order valence-corrected chi connectivity index (χ1v) is 10.9. The van der Waals surface area contributed by atoms with E-state index in [4.69, 9.17) is 20.9 Å². The molecule has 0 unspecified atom stereocenters.